The summed E-state index contributed by atoms with van der Waals surface area (Å²) < 4.78 is 19.1. The van der Waals surface area contributed by atoms with Gasteiger partial charge in [0.25, 0.3) is 5.91 Å². The van der Waals surface area contributed by atoms with E-state index >= 15 is 0 Å². The van der Waals surface area contributed by atoms with Crippen molar-refractivity contribution in [2.75, 3.05) is 6.61 Å². The molecule has 1 aliphatic carbocycles. The second-order valence-corrected chi connectivity index (χ2v) is 8.30. The molecule has 6 heteroatoms. The molecule has 1 saturated carbocycles. The predicted octanol–water partition coefficient (Wildman–Crippen LogP) is 4.30. The van der Waals surface area contributed by atoms with Crippen LogP contribution in [0, 0.1) is 19.7 Å². The Morgan fingerprint density at radius 1 is 1.13 bits per heavy atom. The molecule has 1 atom stereocenters. The summed E-state index contributed by atoms with van der Waals surface area (Å²) in [5.74, 6) is -0.154. The van der Waals surface area contributed by atoms with Crippen molar-refractivity contribution in [3.8, 4) is 5.75 Å². The fourth-order valence-corrected chi connectivity index (χ4v) is 3.86. The highest BCUT2D eigenvalue weighted by Crippen LogP contribution is 2.21. The molecule has 0 radical (unpaired) electrons. The molecule has 1 unspecified atom stereocenters. The van der Waals surface area contributed by atoms with E-state index in [4.69, 9.17) is 4.74 Å². The number of ether oxygens (including phenoxy) is 1. The second kappa shape index (κ2) is 10.4. The quantitative estimate of drug-likeness (QED) is 0.685. The first-order valence-corrected chi connectivity index (χ1v) is 10.9. The lowest BCUT2D eigenvalue weighted by Gasteiger charge is -2.29. The predicted molar refractivity (Wildman–Crippen MR) is 118 cm³/mol. The van der Waals surface area contributed by atoms with E-state index in [9.17, 15) is 14.0 Å². The van der Waals surface area contributed by atoms with Gasteiger partial charge in [0.15, 0.2) is 6.61 Å². The van der Waals surface area contributed by atoms with Crippen LogP contribution < -0.4 is 10.1 Å². The summed E-state index contributed by atoms with van der Waals surface area (Å²) in [5, 5.41) is 3.07. The number of halogens is 1. The van der Waals surface area contributed by atoms with E-state index in [0.717, 1.165) is 42.4 Å². The highest BCUT2D eigenvalue weighted by Gasteiger charge is 2.28. The normalized spacial score (nSPS) is 14.8. The smallest absolute Gasteiger partial charge is 0.261 e. The topological polar surface area (TPSA) is 58.6 Å². The van der Waals surface area contributed by atoms with Crippen molar-refractivity contribution >= 4 is 11.8 Å². The van der Waals surface area contributed by atoms with Crippen LogP contribution in [0.15, 0.2) is 42.5 Å². The van der Waals surface area contributed by atoms with Crippen LogP contribution in [0.25, 0.3) is 0 Å². The molecule has 2 aromatic carbocycles. The van der Waals surface area contributed by atoms with Crippen molar-refractivity contribution in [3.05, 3.63) is 65.0 Å². The number of aryl methyl sites for hydroxylation is 1. The molecule has 2 aromatic rings. The number of amides is 2. The lowest BCUT2D eigenvalue weighted by Crippen LogP contribution is -2.50. The van der Waals surface area contributed by atoms with Gasteiger partial charge in [-0.25, -0.2) is 4.39 Å². The van der Waals surface area contributed by atoms with E-state index in [2.05, 4.69) is 5.32 Å². The molecule has 3 rings (SSSR count). The van der Waals surface area contributed by atoms with E-state index < -0.39 is 6.04 Å². The molecular weight excluding hydrogens is 395 g/mol. The van der Waals surface area contributed by atoms with Crippen molar-refractivity contribution < 1.29 is 18.7 Å². The number of carbonyl (C=O) groups excluding carboxylic acids is 2. The zero-order chi connectivity index (χ0) is 22.4. The number of carbonyl (C=O) groups is 2. The third-order valence-electron chi connectivity index (χ3n) is 6.04. The van der Waals surface area contributed by atoms with Gasteiger partial charge in [-0.05, 0) is 68.5 Å². The summed E-state index contributed by atoms with van der Waals surface area (Å²) in [6.45, 7) is 5.69. The van der Waals surface area contributed by atoms with Gasteiger partial charge in [-0.1, -0.05) is 37.1 Å². The van der Waals surface area contributed by atoms with Gasteiger partial charge in [0.2, 0.25) is 5.91 Å². The zero-order valence-corrected chi connectivity index (χ0v) is 18.5. The zero-order valence-electron chi connectivity index (χ0n) is 18.5. The number of benzene rings is 2. The molecule has 0 heterocycles. The fraction of sp³-hybridized carbons (Fsp3) is 0.440. The van der Waals surface area contributed by atoms with Crippen LogP contribution in [0.5, 0.6) is 5.75 Å². The van der Waals surface area contributed by atoms with Gasteiger partial charge in [-0.15, -0.1) is 0 Å². The summed E-state index contributed by atoms with van der Waals surface area (Å²) in [6, 6.07) is 11.2. The monoisotopic (exact) mass is 426 g/mol. The first-order chi connectivity index (χ1) is 14.8. The van der Waals surface area contributed by atoms with Gasteiger partial charge in [0.1, 0.15) is 17.6 Å². The summed E-state index contributed by atoms with van der Waals surface area (Å²) in [4.78, 5) is 27.5. The molecule has 0 aliphatic heterocycles. The maximum atomic E-state index is 13.3. The van der Waals surface area contributed by atoms with Gasteiger partial charge >= 0.3 is 0 Å². The minimum absolute atomic E-state index is 0.170. The van der Waals surface area contributed by atoms with Gasteiger partial charge in [0.05, 0.1) is 0 Å². The van der Waals surface area contributed by atoms with Crippen molar-refractivity contribution in [2.45, 2.75) is 65.1 Å². The lowest BCUT2D eigenvalue weighted by atomic mass is 10.1. The Morgan fingerprint density at radius 3 is 2.48 bits per heavy atom. The summed E-state index contributed by atoms with van der Waals surface area (Å²) in [5.41, 5.74) is 2.81. The Balaban J connectivity index is 1.73. The Kier molecular flexibility index (Phi) is 7.66. The van der Waals surface area contributed by atoms with Gasteiger partial charge < -0.3 is 15.0 Å². The van der Waals surface area contributed by atoms with E-state index in [0.29, 0.717) is 5.75 Å². The maximum Gasteiger partial charge on any atom is 0.261 e. The van der Waals surface area contributed by atoms with Crippen LogP contribution in [0.1, 0.15) is 49.3 Å². The minimum atomic E-state index is -0.666. The van der Waals surface area contributed by atoms with Crippen molar-refractivity contribution in [1.82, 2.24) is 10.2 Å². The second-order valence-electron chi connectivity index (χ2n) is 8.30. The van der Waals surface area contributed by atoms with Gasteiger partial charge in [-0.3, -0.25) is 9.59 Å². The molecular formula is C25H31FN2O3. The molecule has 1 aliphatic rings. The first-order valence-electron chi connectivity index (χ1n) is 10.9. The summed E-state index contributed by atoms with van der Waals surface area (Å²) in [6.07, 6.45) is 4.17. The van der Waals surface area contributed by atoms with Crippen molar-refractivity contribution in [2.24, 2.45) is 0 Å². The molecule has 2 amide bonds. The van der Waals surface area contributed by atoms with Gasteiger partial charge in [-0.2, -0.15) is 0 Å². The largest absolute Gasteiger partial charge is 0.483 e. The van der Waals surface area contributed by atoms with Crippen LogP contribution in [0.3, 0.4) is 0 Å². The molecule has 0 aromatic heterocycles. The molecule has 1 fully saturated rings. The Labute approximate surface area is 183 Å². The molecule has 166 valence electrons. The number of rotatable bonds is 8. The first kappa shape index (κ1) is 22.8. The van der Waals surface area contributed by atoms with E-state index in [1.165, 1.54) is 17.0 Å². The third kappa shape index (κ3) is 6.06. The standard InChI is InChI=1S/C25H31FN2O3/c1-17-7-6-10-23(18(17)2)31-16-24(29)28(15-20-11-13-21(26)14-12-20)19(3)25(30)27-22-8-4-5-9-22/h6-7,10-14,19,22H,4-5,8-9,15-16H2,1-3H3,(H,27,30). The van der Waals surface area contributed by atoms with Crippen LogP contribution in [-0.4, -0.2) is 35.4 Å². The Hall–Kier alpha value is -2.89. The Bertz CT molecular complexity index is 907. The third-order valence-corrected chi connectivity index (χ3v) is 6.04. The van der Waals surface area contributed by atoms with Crippen LogP contribution in [-0.2, 0) is 16.1 Å². The molecule has 1 N–H and O–H groups in total. The maximum absolute atomic E-state index is 13.3. The molecule has 31 heavy (non-hydrogen) atoms. The van der Waals surface area contributed by atoms with Crippen LogP contribution >= 0.6 is 0 Å². The molecule has 0 bridgehead atoms. The number of nitrogens with one attached hydrogen (secondary N) is 1. The number of hydrogen-bond donors (Lipinski definition) is 1. The van der Waals surface area contributed by atoms with E-state index in [-0.39, 0.29) is 36.8 Å². The minimum Gasteiger partial charge on any atom is -0.483 e. The SMILES string of the molecule is Cc1cccc(OCC(=O)N(Cc2ccc(F)cc2)C(C)C(=O)NC2CCCC2)c1C. The van der Waals surface area contributed by atoms with Crippen LogP contribution in [0.4, 0.5) is 4.39 Å². The average Bonchev–Trinajstić information content (AvgIpc) is 3.26. The highest BCUT2D eigenvalue weighted by molar-refractivity contribution is 5.88. The number of hydrogen-bond acceptors (Lipinski definition) is 3. The van der Waals surface area contributed by atoms with Gasteiger partial charge in [0, 0.05) is 12.6 Å². The Morgan fingerprint density at radius 2 is 1.81 bits per heavy atom. The summed E-state index contributed by atoms with van der Waals surface area (Å²) in [7, 11) is 0. The number of nitrogens with zero attached hydrogens (tertiary/aromatic N) is 1. The van der Waals surface area contributed by atoms with Crippen molar-refractivity contribution in [1.29, 1.82) is 0 Å². The summed E-state index contributed by atoms with van der Waals surface area (Å²) >= 11 is 0. The molecule has 0 saturated heterocycles. The lowest BCUT2D eigenvalue weighted by molar-refractivity contribution is -0.142. The van der Waals surface area contributed by atoms with Crippen LogP contribution in [0.2, 0.25) is 0 Å². The molecule has 0 spiro atoms. The average molecular weight is 427 g/mol. The van der Waals surface area contributed by atoms with E-state index in [1.807, 2.05) is 32.0 Å². The van der Waals surface area contributed by atoms with E-state index in [1.54, 1.807) is 19.1 Å². The highest BCUT2D eigenvalue weighted by atomic mass is 19.1. The fourth-order valence-electron chi connectivity index (χ4n) is 3.86. The van der Waals surface area contributed by atoms with Crippen molar-refractivity contribution in [3.63, 3.8) is 0 Å². The molecule has 5 nitrogen and oxygen atoms in total.